The van der Waals surface area contributed by atoms with Crippen molar-refractivity contribution in [2.24, 2.45) is 5.92 Å². The molecule has 3 aliphatic heterocycles. The molecule has 3 nitrogen and oxygen atoms in total. The van der Waals surface area contributed by atoms with Crippen molar-refractivity contribution in [3.05, 3.63) is 218 Å². The fourth-order valence-corrected chi connectivity index (χ4v) is 15.9. The molecule has 3 aliphatic carbocycles. The molecule has 0 N–H and O–H groups in total. The van der Waals surface area contributed by atoms with Gasteiger partial charge in [0.25, 0.3) is 0 Å². The summed E-state index contributed by atoms with van der Waals surface area (Å²) in [6, 6.07) is 59.7. The summed E-state index contributed by atoms with van der Waals surface area (Å²) in [5, 5.41) is 0. The van der Waals surface area contributed by atoms with Crippen molar-refractivity contribution in [2.45, 2.75) is 142 Å². The van der Waals surface area contributed by atoms with Crippen molar-refractivity contribution in [2.75, 3.05) is 14.7 Å². The maximum atomic E-state index is 2.73. The van der Waals surface area contributed by atoms with Gasteiger partial charge in [0, 0.05) is 55.8 Å². The van der Waals surface area contributed by atoms with Crippen LogP contribution in [0.1, 0.15) is 168 Å². The van der Waals surface area contributed by atoms with E-state index in [2.05, 4.69) is 249 Å². The number of aryl methyl sites for hydroxylation is 2. The minimum absolute atomic E-state index is 0.0758. The van der Waals surface area contributed by atoms with E-state index in [9.17, 15) is 0 Å². The number of fused-ring (bicyclic) bond motifs is 6. The van der Waals surface area contributed by atoms with Gasteiger partial charge in [-0.1, -0.05) is 161 Å². The van der Waals surface area contributed by atoms with E-state index in [-0.39, 0.29) is 27.1 Å². The molecule has 8 aromatic rings. The zero-order valence-corrected chi connectivity index (χ0v) is 45.8. The van der Waals surface area contributed by atoms with Crippen LogP contribution in [-0.4, -0.2) is 0 Å². The van der Waals surface area contributed by atoms with Crippen molar-refractivity contribution >= 4 is 51.2 Å². The van der Waals surface area contributed by atoms with Crippen LogP contribution in [0, 0.1) is 19.8 Å². The molecule has 3 heteroatoms. The quantitative estimate of drug-likeness (QED) is 0.164. The number of hydrogen-bond acceptors (Lipinski definition) is 3. The largest absolute Gasteiger partial charge is 0.310 e. The van der Waals surface area contributed by atoms with Gasteiger partial charge >= 0.3 is 0 Å². The lowest BCUT2D eigenvalue weighted by Gasteiger charge is -2.55. The topological polar surface area (TPSA) is 9.72 Å². The Morgan fingerprint density at radius 1 is 0.365 bits per heavy atom. The SMILES string of the molecule is Cc1cccc(N(c2ccc3c(c2)-c2ccccc2C3(C)C)c2cc3c4c(c2)C(C)(C)c2cc(N(c5cccc(C)c5)c5ccc6c(c5)C(C)(C)C5CCCCC65)cc5c2N4c2c(cccc2C5(C)C)C3(C)C)c1. The Kier molecular flexibility index (Phi) is 9.37. The van der Waals surface area contributed by atoms with Gasteiger partial charge in [-0.15, -0.1) is 0 Å². The molecule has 0 bridgehead atoms. The maximum absolute atomic E-state index is 2.73. The van der Waals surface area contributed by atoms with Crippen LogP contribution in [-0.2, 0) is 27.1 Å². The van der Waals surface area contributed by atoms with Crippen molar-refractivity contribution in [1.82, 2.24) is 0 Å². The summed E-state index contributed by atoms with van der Waals surface area (Å²) in [5.41, 5.74) is 29.8. The number of nitrogens with zero attached hydrogens (tertiary/aromatic N) is 3. The third kappa shape index (κ3) is 6.02. The zero-order valence-electron chi connectivity index (χ0n) is 45.8. The molecule has 0 saturated heterocycles. The van der Waals surface area contributed by atoms with Crippen LogP contribution in [0.15, 0.2) is 152 Å². The van der Waals surface area contributed by atoms with Crippen LogP contribution in [0.3, 0.4) is 0 Å². The molecular weight excluding hydrogens is 895 g/mol. The Hall–Kier alpha value is -6.84. The standard InChI is InChI=1S/C71H71N3/c1-42-20-17-22-44(34-42)72(46-31-33-56-53(36-46)51-25-14-16-27-55(51)67(56,3)4)48-38-60-65-62(40-48)71(11,12)63-41-49(39-61-66(63)74(65)64-57(69(60,7)8)28-19-29-58(64)70(61,9)10)73(45-23-18-21-43(2)35-45)47-30-32-52-50-24-13-15-26-54(50)68(5,6)59(52)37-47/h14,16-23,25,27-41,50,54H,13,15,24,26H2,1-12H3. The molecule has 0 spiro atoms. The highest BCUT2D eigenvalue weighted by molar-refractivity contribution is 6.01. The van der Waals surface area contributed by atoms with Crippen LogP contribution in [0.5, 0.6) is 0 Å². The second kappa shape index (κ2) is 15.2. The molecule has 14 rings (SSSR count). The van der Waals surface area contributed by atoms with Crippen LogP contribution >= 0.6 is 0 Å². The van der Waals surface area contributed by atoms with Gasteiger partial charge in [-0.25, -0.2) is 0 Å². The minimum Gasteiger partial charge on any atom is -0.310 e. The normalized spacial score (nSPS) is 20.5. The van der Waals surface area contributed by atoms with E-state index < -0.39 is 0 Å². The Labute approximate surface area is 440 Å². The molecule has 6 aliphatic rings. The highest BCUT2D eigenvalue weighted by atomic mass is 15.2. The van der Waals surface area contributed by atoms with E-state index in [4.69, 9.17) is 0 Å². The second-order valence-electron chi connectivity index (χ2n) is 25.9. The van der Waals surface area contributed by atoms with Crippen LogP contribution < -0.4 is 14.7 Å². The molecule has 8 aromatic carbocycles. The van der Waals surface area contributed by atoms with Crippen molar-refractivity contribution in [1.29, 1.82) is 0 Å². The fourth-order valence-electron chi connectivity index (χ4n) is 15.9. The average molecular weight is 966 g/mol. The molecule has 0 radical (unpaired) electrons. The first kappa shape index (κ1) is 45.7. The first-order chi connectivity index (χ1) is 35.3. The molecule has 370 valence electrons. The summed E-state index contributed by atoms with van der Waals surface area (Å²) in [7, 11) is 0. The third-order valence-electron chi connectivity index (χ3n) is 19.9. The van der Waals surface area contributed by atoms with Gasteiger partial charge in [0.1, 0.15) is 0 Å². The Morgan fingerprint density at radius 2 is 0.797 bits per heavy atom. The number of rotatable bonds is 6. The molecule has 1 saturated carbocycles. The fraction of sp³-hybridized carbons (Fsp3) is 0.324. The predicted molar refractivity (Wildman–Crippen MR) is 312 cm³/mol. The van der Waals surface area contributed by atoms with E-state index in [1.807, 2.05) is 0 Å². The molecular formula is C71H71N3. The summed E-state index contributed by atoms with van der Waals surface area (Å²) in [6.45, 7) is 29.2. The first-order valence-corrected chi connectivity index (χ1v) is 27.7. The number of hydrogen-bond donors (Lipinski definition) is 0. The van der Waals surface area contributed by atoms with Gasteiger partial charge in [-0.3, -0.25) is 0 Å². The van der Waals surface area contributed by atoms with E-state index in [1.54, 1.807) is 11.1 Å². The lowest BCUT2D eigenvalue weighted by Crippen LogP contribution is -2.44. The lowest BCUT2D eigenvalue weighted by molar-refractivity contribution is 0.233. The Bertz CT molecular complexity index is 3730. The first-order valence-electron chi connectivity index (χ1n) is 27.7. The molecule has 3 heterocycles. The van der Waals surface area contributed by atoms with Crippen LogP contribution in [0.4, 0.5) is 51.2 Å². The number of benzene rings is 8. The monoisotopic (exact) mass is 966 g/mol. The molecule has 2 unspecified atom stereocenters. The van der Waals surface area contributed by atoms with Gasteiger partial charge in [-0.2, -0.15) is 0 Å². The van der Waals surface area contributed by atoms with Crippen molar-refractivity contribution < 1.29 is 0 Å². The van der Waals surface area contributed by atoms with E-state index in [1.165, 1.54) is 144 Å². The van der Waals surface area contributed by atoms with Gasteiger partial charge in [-0.05, 0) is 195 Å². The van der Waals surface area contributed by atoms with Crippen molar-refractivity contribution in [3.63, 3.8) is 0 Å². The van der Waals surface area contributed by atoms with E-state index in [0.717, 1.165) is 0 Å². The predicted octanol–water partition coefficient (Wildman–Crippen LogP) is 19.5. The van der Waals surface area contributed by atoms with E-state index in [0.29, 0.717) is 11.8 Å². The number of para-hydroxylation sites is 1. The summed E-state index contributed by atoms with van der Waals surface area (Å²) < 4.78 is 0. The molecule has 1 fully saturated rings. The maximum Gasteiger partial charge on any atom is 0.0545 e. The highest BCUT2D eigenvalue weighted by Crippen LogP contribution is 2.68. The Morgan fingerprint density at radius 3 is 1.38 bits per heavy atom. The Balaban J connectivity index is 1.02. The van der Waals surface area contributed by atoms with Gasteiger partial charge < -0.3 is 14.7 Å². The summed E-state index contributed by atoms with van der Waals surface area (Å²) in [4.78, 5) is 7.89. The van der Waals surface area contributed by atoms with Crippen LogP contribution in [0.2, 0.25) is 0 Å². The third-order valence-corrected chi connectivity index (χ3v) is 19.9. The van der Waals surface area contributed by atoms with Gasteiger partial charge in [0.2, 0.25) is 0 Å². The van der Waals surface area contributed by atoms with E-state index >= 15 is 0 Å². The zero-order chi connectivity index (χ0) is 51.2. The molecule has 74 heavy (non-hydrogen) atoms. The second-order valence-corrected chi connectivity index (χ2v) is 25.9. The minimum atomic E-state index is -0.389. The number of anilines is 9. The lowest BCUT2D eigenvalue weighted by atomic mass is 9.60. The smallest absolute Gasteiger partial charge is 0.0545 e. The highest BCUT2D eigenvalue weighted by Gasteiger charge is 2.53. The van der Waals surface area contributed by atoms with Crippen LogP contribution in [0.25, 0.3) is 11.1 Å². The van der Waals surface area contributed by atoms with Gasteiger partial charge in [0.05, 0.1) is 17.1 Å². The summed E-state index contributed by atoms with van der Waals surface area (Å²) in [5.74, 6) is 1.36. The molecule has 0 amide bonds. The molecule has 0 aromatic heterocycles. The van der Waals surface area contributed by atoms with Crippen molar-refractivity contribution in [3.8, 4) is 11.1 Å². The summed E-state index contributed by atoms with van der Waals surface area (Å²) >= 11 is 0. The average Bonchev–Trinajstić information content (AvgIpc) is 3.75. The molecule has 2 atom stereocenters. The summed E-state index contributed by atoms with van der Waals surface area (Å²) in [6.07, 6.45) is 5.33. The van der Waals surface area contributed by atoms with Gasteiger partial charge in [0.15, 0.2) is 0 Å².